The standard InChI is InChI=1S/C21H19N3O/c1-25-17-12-10-15(11-13-17)14-24-21-18(8-5-9-19(21)22)20(23-24)16-6-3-2-4-7-16/h2-13H,14,22H2,1H3. The van der Waals surface area contributed by atoms with Gasteiger partial charge in [-0.1, -0.05) is 54.6 Å². The van der Waals surface area contributed by atoms with E-state index in [1.807, 2.05) is 59.3 Å². The zero-order valence-corrected chi connectivity index (χ0v) is 14.0. The molecular weight excluding hydrogens is 310 g/mol. The highest BCUT2D eigenvalue weighted by molar-refractivity contribution is 5.99. The van der Waals surface area contributed by atoms with Crippen molar-refractivity contribution in [2.75, 3.05) is 12.8 Å². The molecule has 124 valence electrons. The number of fused-ring (bicyclic) bond motifs is 1. The lowest BCUT2D eigenvalue weighted by molar-refractivity contribution is 0.414. The van der Waals surface area contributed by atoms with Crippen molar-refractivity contribution >= 4 is 16.6 Å². The monoisotopic (exact) mass is 329 g/mol. The fourth-order valence-corrected chi connectivity index (χ4v) is 3.09. The maximum absolute atomic E-state index is 6.27. The summed E-state index contributed by atoms with van der Waals surface area (Å²) < 4.78 is 7.21. The quantitative estimate of drug-likeness (QED) is 0.567. The highest BCUT2D eigenvalue weighted by atomic mass is 16.5. The van der Waals surface area contributed by atoms with Gasteiger partial charge in [0.15, 0.2) is 0 Å². The van der Waals surface area contributed by atoms with Gasteiger partial charge in [-0.15, -0.1) is 0 Å². The average molecular weight is 329 g/mol. The molecule has 0 radical (unpaired) electrons. The van der Waals surface area contributed by atoms with Gasteiger partial charge < -0.3 is 10.5 Å². The van der Waals surface area contributed by atoms with Gasteiger partial charge in [0.2, 0.25) is 0 Å². The second kappa shape index (κ2) is 6.32. The number of aromatic nitrogens is 2. The summed E-state index contributed by atoms with van der Waals surface area (Å²) in [6.07, 6.45) is 0. The van der Waals surface area contributed by atoms with E-state index in [1.165, 1.54) is 0 Å². The van der Waals surface area contributed by atoms with Crippen LogP contribution in [0, 0.1) is 0 Å². The Kier molecular flexibility index (Phi) is 3.86. The van der Waals surface area contributed by atoms with Gasteiger partial charge in [-0.05, 0) is 23.8 Å². The van der Waals surface area contributed by atoms with Crippen molar-refractivity contribution in [3.63, 3.8) is 0 Å². The average Bonchev–Trinajstić information content (AvgIpc) is 3.03. The van der Waals surface area contributed by atoms with Crippen LogP contribution in [0.15, 0.2) is 72.8 Å². The van der Waals surface area contributed by atoms with Crippen molar-refractivity contribution in [3.05, 3.63) is 78.4 Å². The van der Waals surface area contributed by atoms with Crippen LogP contribution in [-0.2, 0) is 6.54 Å². The Morgan fingerprint density at radius 3 is 2.40 bits per heavy atom. The van der Waals surface area contributed by atoms with Crippen LogP contribution in [0.1, 0.15) is 5.56 Å². The lowest BCUT2D eigenvalue weighted by Crippen LogP contribution is -2.03. The van der Waals surface area contributed by atoms with E-state index in [0.29, 0.717) is 6.54 Å². The molecule has 1 heterocycles. The molecule has 4 aromatic rings. The molecule has 0 spiro atoms. The summed E-state index contributed by atoms with van der Waals surface area (Å²) in [6, 6.07) is 24.2. The summed E-state index contributed by atoms with van der Waals surface area (Å²) in [7, 11) is 1.67. The fourth-order valence-electron chi connectivity index (χ4n) is 3.09. The molecule has 0 aliphatic heterocycles. The van der Waals surface area contributed by atoms with Gasteiger partial charge in [0, 0.05) is 10.9 Å². The van der Waals surface area contributed by atoms with E-state index in [-0.39, 0.29) is 0 Å². The topological polar surface area (TPSA) is 53.1 Å². The molecule has 4 nitrogen and oxygen atoms in total. The molecule has 0 amide bonds. The number of hydrogen-bond donors (Lipinski definition) is 1. The summed E-state index contributed by atoms with van der Waals surface area (Å²) in [5, 5.41) is 5.93. The first-order valence-electron chi connectivity index (χ1n) is 8.19. The molecule has 2 N–H and O–H groups in total. The lowest BCUT2D eigenvalue weighted by Gasteiger charge is -2.06. The molecule has 0 aliphatic rings. The van der Waals surface area contributed by atoms with Crippen LogP contribution in [0.4, 0.5) is 5.69 Å². The third-order valence-electron chi connectivity index (χ3n) is 4.34. The summed E-state index contributed by atoms with van der Waals surface area (Å²) in [6.45, 7) is 0.654. The van der Waals surface area contributed by atoms with Gasteiger partial charge in [0.05, 0.1) is 24.9 Å². The van der Waals surface area contributed by atoms with Crippen molar-refractivity contribution in [1.29, 1.82) is 0 Å². The second-order valence-electron chi connectivity index (χ2n) is 5.96. The molecule has 0 unspecified atom stereocenters. The molecule has 0 saturated carbocycles. The third kappa shape index (κ3) is 2.83. The highest BCUT2D eigenvalue weighted by Gasteiger charge is 2.14. The smallest absolute Gasteiger partial charge is 0.118 e. The number of nitrogens with zero attached hydrogens (tertiary/aromatic N) is 2. The normalized spacial score (nSPS) is 10.9. The van der Waals surface area contributed by atoms with E-state index < -0.39 is 0 Å². The Bertz CT molecular complexity index is 1000. The zero-order valence-electron chi connectivity index (χ0n) is 14.0. The van der Waals surface area contributed by atoms with E-state index in [2.05, 4.69) is 18.2 Å². The van der Waals surface area contributed by atoms with Crippen LogP contribution in [-0.4, -0.2) is 16.9 Å². The molecule has 0 atom stereocenters. The van der Waals surface area contributed by atoms with E-state index in [0.717, 1.165) is 39.2 Å². The number of nitrogens with two attached hydrogens (primary N) is 1. The second-order valence-corrected chi connectivity index (χ2v) is 5.96. The first kappa shape index (κ1) is 15.3. The van der Waals surface area contributed by atoms with Crippen LogP contribution >= 0.6 is 0 Å². The molecule has 0 fully saturated rings. The van der Waals surface area contributed by atoms with Gasteiger partial charge >= 0.3 is 0 Å². The molecule has 4 heteroatoms. The number of ether oxygens (including phenoxy) is 1. The van der Waals surface area contributed by atoms with Crippen LogP contribution in [0.2, 0.25) is 0 Å². The van der Waals surface area contributed by atoms with Crippen LogP contribution in [0.5, 0.6) is 5.75 Å². The number of benzene rings is 3. The van der Waals surface area contributed by atoms with E-state index in [9.17, 15) is 0 Å². The molecule has 0 aliphatic carbocycles. The minimum atomic E-state index is 0.654. The molecule has 1 aromatic heterocycles. The Balaban J connectivity index is 1.83. The predicted molar refractivity (Wildman–Crippen MR) is 102 cm³/mol. The van der Waals surface area contributed by atoms with Gasteiger partial charge in [-0.25, -0.2) is 0 Å². The van der Waals surface area contributed by atoms with E-state index >= 15 is 0 Å². The van der Waals surface area contributed by atoms with Crippen molar-refractivity contribution in [2.45, 2.75) is 6.54 Å². The summed E-state index contributed by atoms with van der Waals surface area (Å²) in [4.78, 5) is 0. The largest absolute Gasteiger partial charge is 0.497 e. The molecule has 0 bridgehead atoms. The Hall–Kier alpha value is -3.27. The van der Waals surface area contributed by atoms with Gasteiger partial charge in [0.25, 0.3) is 0 Å². The first-order valence-corrected chi connectivity index (χ1v) is 8.19. The number of hydrogen-bond acceptors (Lipinski definition) is 3. The van der Waals surface area contributed by atoms with Gasteiger partial charge in [-0.3, -0.25) is 4.68 Å². The summed E-state index contributed by atoms with van der Waals surface area (Å²) >= 11 is 0. The number of para-hydroxylation sites is 1. The highest BCUT2D eigenvalue weighted by Crippen LogP contribution is 2.31. The SMILES string of the molecule is COc1ccc(Cn2nc(-c3ccccc3)c3cccc(N)c32)cc1. The Morgan fingerprint density at radius 2 is 1.68 bits per heavy atom. The van der Waals surface area contributed by atoms with Crippen LogP contribution in [0.3, 0.4) is 0 Å². The van der Waals surface area contributed by atoms with E-state index in [1.54, 1.807) is 7.11 Å². The summed E-state index contributed by atoms with van der Waals surface area (Å²) in [5.41, 5.74) is 11.2. The van der Waals surface area contributed by atoms with Crippen molar-refractivity contribution < 1.29 is 4.74 Å². The van der Waals surface area contributed by atoms with Gasteiger partial charge in [-0.2, -0.15) is 5.10 Å². The van der Waals surface area contributed by atoms with Crippen LogP contribution in [0.25, 0.3) is 22.2 Å². The molecule has 0 saturated heterocycles. The first-order chi connectivity index (χ1) is 12.3. The van der Waals surface area contributed by atoms with Crippen molar-refractivity contribution in [3.8, 4) is 17.0 Å². The molecule has 25 heavy (non-hydrogen) atoms. The Labute approximate surface area is 146 Å². The maximum atomic E-state index is 6.27. The van der Waals surface area contributed by atoms with E-state index in [4.69, 9.17) is 15.6 Å². The number of anilines is 1. The lowest BCUT2D eigenvalue weighted by atomic mass is 10.1. The zero-order chi connectivity index (χ0) is 17.2. The number of rotatable bonds is 4. The van der Waals surface area contributed by atoms with Gasteiger partial charge in [0.1, 0.15) is 11.4 Å². The number of methoxy groups -OCH3 is 1. The predicted octanol–water partition coefficient (Wildman–Crippen LogP) is 4.34. The minimum absolute atomic E-state index is 0.654. The molecule has 3 aromatic carbocycles. The molecule has 4 rings (SSSR count). The van der Waals surface area contributed by atoms with Crippen LogP contribution < -0.4 is 10.5 Å². The Morgan fingerprint density at radius 1 is 0.920 bits per heavy atom. The number of nitrogen functional groups attached to an aromatic ring is 1. The maximum Gasteiger partial charge on any atom is 0.118 e. The molecular formula is C21H19N3O. The summed E-state index contributed by atoms with van der Waals surface area (Å²) in [5.74, 6) is 0.846. The van der Waals surface area contributed by atoms with Crippen molar-refractivity contribution in [2.24, 2.45) is 0 Å². The third-order valence-corrected chi connectivity index (χ3v) is 4.34. The minimum Gasteiger partial charge on any atom is -0.497 e. The van der Waals surface area contributed by atoms with Crippen molar-refractivity contribution in [1.82, 2.24) is 9.78 Å². The fraction of sp³-hybridized carbons (Fsp3) is 0.0952.